The van der Waals surface area contributed by atoms with E-state index < -0.39 is 8.07 Å². The second-order valence-corrected chi connectivity index (χ2v) is 25.1. The molecule has 0 nitrogen and oxygen atoms in total. The van der Waals surface area contributed by atoms with E-state index in [4.69, 9.17) is 0 Å². The SMILES string of the molecule is CCc1ccc(-c2cc(-c3ccc(CC)cc3)cc([Si](c3cc(-c4ccc(CC)cc4)cc(-c4ccc(CC)cc4)c3)(c3cc(-c4ccc(CC)cc4)cc(-c4ccc(CC)cc4)c3)[c-]3c(C)c(C)c(C)c3C)c2)cc1.[Cl-].[Cl-].[Cl-].[Ti+4]. The summed E-state index contributed by atoms with van der Waals surface area (Å²) in [5.74, 6) is 0. The second kappa shape index (κ2) is 27.7. The Labute approximate surface area is 514 Å². The van der Waals surface area contributed by atoms with Crippen LogP contribution in [0, 0.1) is 27.7 Å². The molecule has 0 fully saturated rings. The van der Waals surface area contributed by atoms with Crippen LogP contribution in [0.15, 0.2) is 200 Å². The molecule has 0 aliphatic heterocycles. The molecule has 0 amide bonds. The third-order valence-corrected chi connectivity index (χ3v) is 22.0. The van der Waals surface area contributed by atoms with Gasteiger partial charge in [0.05, 0.1) is 0 Å². The van der Waals surface area contributed by atoms with E-state index in [1.165, 1.54) is 143 Å². The average Bonchev–Trinajstić information content (AvgIpc) is 3.89. The van der Waals surface area contributed by atoms with Crippen LogP contribution in [-0.4, -0.2) is 8.07 Å². The van der Waals surface area contributed by atoms with E-state index in [0.717, 1.165) is 38.5 Å². The zero-order valence-corrected chi connectivity index (χ0v) is 53.3. The summed E-state index contributed by atoms with van der Waals surface area (Å²) in [4.78, 5) is 0. The fourth-order valence-corrected chi connectivity index (χ4v) is 17.4. The quantitative estimate of drug-likeness (QED) is 0.0519. The van der Waals surface area contributed by atoms with Crippen molar-refractivity contribution in [3.63, 3.8) is 0 Å². The van der Waals surface area contributed by atoms with Gasteiger partial charge in [0.1, 0.15) is 8.07 Å². The zero-order valence-electron chi connectivity index (χ0n) is 48.4. The maximum atomic E-state index is 2.62. The Morgan fingerprint density at radius 3 is 0.562 bits per heavy atom. The van der Waals surface area contributed by atoms with Gasteiger partial charge in [0.15, 0.2) is 0 Å². The largest absolute Gasteiger partial charge is 4.00 e. The van der Waals surface area contributed by atoms with Crippen LogP contribution < -0.4 is 58.0 Å². The number of benzene rings is 9. The number of aryl methyl sites for hydroxylation is 6. The summed E-state index contributed by atoms with van der Waals surface area (Å²) in [6.07, 6.45) is 6.01. The van der Waals surface area contributed by atoms with E-state index in [2.05, 4.69) is 269 Å². The van der Waals surface area contributed by atoms with E-state index in [0.29, 0.717) is 0 Å². The van der Waals surface area contributed by atoms with Gasteiger partial charge in [-0.2, -0.15) is 22.3 Å². The maximum Gasteiger partial charge on any atom is 4.00 e. The Morgan fingerprint density at radius 2 is 0.412 bits per heavy atom. The second-order valence-electron chi connectivity index (χ2n) is 21.3. The summed E-state index contributed by atoms with van der Waals surface area (Å²) in [6.45, 7) is 23.1. The summed E-state index contributed by atoms with van der Waals surface area (Å²) in [6, 6.07) is 79.3. The van der Waals surface area contributed by atoms with Crippen molar-refractivity contribution in [1.82, 2.24) is 0 Å². The van der Waals surface area contributed by atoms with Gasteiger partial charge in [-0.3, -0.25) is 0 Å². The fraction of sp³-hybridized carbons (Fsp3) is 0.213. The minimum absolute atomic E-state index is 0. The standard InChI is InChI=1S/C75H75Si.3ClH.Ti/c1-11-54-17-29-60(30-18-54)66-41-67(61-31-19-55(12-2)20-32-61)45-72(44-66)76(75-52(9)50(7)51(8)53(75)10,73-46-68(62-33-21-56(13-3)22-34-62)42-69(47-73)63-35-23-57(14-4)24-36-63)74-48-70(64-37-25-58(15-5)26-38-64)43-71(49-74)65-39-27-59(16-6)28-40-65;;;;/h17-49H,11-16H2,1-10H3;3*1H;/q-1;;;;+4/p-3. The summed E-state index contributed by atoms with van der Waals surface area (Å²) < 4.78 is 0. The molecular weight excluding hydrogens is 1080 g/mol. The Bertz CT molecular complexity index is 3080. The van der Waals surface area contributed by atoms with Crippen LogP contribution in [0.4, 0.5) is 0 Å². The van der Waals surface area contributed by atoms with Gasteiger partial charge in [0.2, 0.25) is 0 Å². The normalized spacial score (nSPS) is 11.0. The van der Waals surface area contributed by atoms with Crippen LogP contribution in [0.1, 0.15) is 97.2 Å². The molecule has 0 N–H and O–H groups in total. The molecule has 10 aromatic carbocycles. The Morgan fingerprint density at radius 1 is 0.250 bits per heavy atom. The fourth-order valence-electron chi connectivity index (χ4n) is 11.8. The molecule has 0 aliphatic carbocycles. The maximum absolute atomic E-state index is 3.49. The van der Waals surface area contributed by atoms with E-state index in [-0.39, 0.29) is 58.9 Å². The molecule has 10 rings (SSSR count). The molecule has 404 valence electrons. The first kappa shape index (κ1) is 63.3. The Balaban J connectivity index is 0.00000258. The van der Waals surface area contributed by atoms with E-state index in [1.807, 2.05) is 0 Å². The molecule has 80 heavy (non-hydrogen) atoms. The van der Waals surface area contributed by atoms with Crippen molar-refractivity contribution in [3.05, 3.63) is 256 Å². The third-order valence-electron chi connectivity index (χ3n) is 17.1. The van der Waals surface area contributed by atoms with Crippen LogP contribution >= 0.6 is 0 Å². The number of halogens is 3. The Kier molecular flexibility index (Phi) is 21.9. The molecule has 0 unspecified atom stereocenters. The van der Waals surface area contributed by atoms with Crippen LogP contribution in [0.5, 0.6) is 0 Å². The third kappa shape index (κ3) is 12.6. The molecule has 0 spiro atoms. The van der Waals surface area contributed by atoms with Crippen LogP contribution in [0.3, 0.4) is 0 Å². The number of hydrogen-bond donors (Lipinski definition) is 0. The van der Waals surface area contributed by atoms with Crippen LogP contribution in [0.2, 0.25) is 0 Å². The van der Waals surface area contributed by atoms with Crippen molar-refractivity contribution >= 4 is 28.8 Å². The number of hydrogen-bond acceptors (Lipinski definition) is 0. The summed E-state index contributed by atoms with van der Waals surface area (Å²) in [5, 5.41) is 5.63. The molecule has 0 radical (unpaired) electrons. The smallest absolute Gasteiger partial charge is 1.00 e. The number of rotatable bonds is 16. The molecule has 5 heteroatoms. The van der Waals surface area contributed by atoms with Gasteiger partial charge in [-0.1, -0.05) is 267 Å². The monoisotopic (exact) mass is 1160 g/mol. The van der Waals surface area contributed by atoms with Gasteiger partial charge in [-0.05, 0) is 157 Å². The van der Waals surface area contributed by atoms with E-state index in [1.54, 1.807) is 0 Å². The molecule has 0 saturated heterocycles. The van der Waals surface area contributed by atoms with Crippen molar-refractivity contribution in [2.24, 2.45) is 0 Å². The molecule has 0 saturated carbocycles. The molecule has 10 aromatic rings. The first-order valence-corrected chi connectivity index (χ1v) is 30.2. The molecule has 0 heterocycles. The van der Waals surface area contributed by atoms with Gasteiger partial charge < -0.3 is 37.2 Å². The van der Waals surface area contributed by atoms with Crippen molar-refractivity contribution in [3.8, 4) is 66.8 Å². The zero-order chi connectivity index (χ0) is 53.1. The summed E-state index contributed by atoms with van der Waals surface area (Å²) in [7, 11) is -3.49. The van der Waals surface area contributed by atoms with Crippen molar-refractivity contribution < 1.29 is 58.9 Å². The Hall–Kier alpha value is -5.87. The predicted octanol–water partition coefficient (Wildman–Crippen LogP) is 8.40. The van der Waals surface area contributed by atoms with Gasteiger partial charge in [-0.15, -0.1) is 5.19 Å². The van der Waals surface area contributed by atoms with E-state index in [9.17, 15) is 0 Å². The van der Waals surface area contributed by atoms with Crippen LogP contribution in [0.25, 0.3) is 66.8 Å². The first-order valence-electron chi connectivity index (χ1n) is 28.2. The van der Waals surface area contributed by atoms with Gasteiger partial charge in [0, 0.05) is 0 Å². The van der Waals surface area contributed by atoms with Crippen LogP contribution in [-0.2, 0) is 60.2 Å². The first-order chi connectivity index (χ1) is 37.0. The molecule has 0 aliphatic rings. The van der Waals surface area contributed by atoms with Crippen molar-refractivity contribution in [2.75, 3.05) is 0 Å². The van der Waals surface area contributed by atoms with E-state index >= 15 is 0 Å². The van der Waals surface area contributed by atoms with Gasteiger partial charge in [-0.25, -0.2) is 0 Å². The summed E-state index contributed by atoms with van der Waals surface area (Å²) >= 11 is 0. The minimum Gasteiger partial charge on any atom is -1.00 e. The molecule has 0 atom stereocenters. The average molecular weight is 1160 g/mol. The molecule has 0 aromatic heterocycles. The predicted molar refractivity (Wildman–Crippen MR) is 333 cm³/mol. The summed E-state index contributed by atoms with van der Waals surface area (Å²) in [5.41, 5.74) is 28.5. The minimum atomic E-state index is -3.49. The van der Waals surface area contributed by atoms with Crippen molar-refractivity contribution in [2.45, 2.75) is 108 Å². The van der Waals surface area contributed by atoms with Crippen molar-refractivity contribution in [1.29, 1.82) is 0 Å². The van der Waals surface area contributed by atoms with Gasteiger partial charge in [0.25, 0.3) is 0 Å². The topological polar surface area (TPSA) is 0 Å². The molecule has 0 bridgehead atoms. The van der Waals surface area contributed by atoms with Gasteiger partial charge >= 0.3 is 21.7 Å². The molecular formula is C75H75Cl3SiTi.